The van der Waals surface area contributed by atoms with Crippen molar-refractivity contribution in [2.24, 2.45) is 0 Å². The second-order valence-electron chi connectivity index (χ2n) is 2.62. The number of pyridine rings is 1. The Morgan fingerprint density at radius 2 is 2.06 bits per heavy atom. The van der Waals surface area contributed by atoms with Crippen molar-refractivity contribution in [2.45, 2.75) is 6.18 Å². The van der Waals surface area contributed by atoms with Gasteiger partial charge in [-0.25, -0.2) is 4.79 Å². The molecule has 1 aromatic heterocycles. The molecule has 1 aromatic rings. The molecular formula is C7H3F3N2O4. The van der Waals surface area contributed by atoms with E-state index in [1.54, 1.807) is 0 Å². The van der Waals surface area contributed by atoms with E-state index in [-0.39, 0.29) is 0 Å². The van der Waals surface area contributed by atoms with Gasteiger partial charge in [0.05, 0.1) is 5.56 Å². The van der Waals surface area contributed by atoms with Crippen molar-refractivity contribution in [3.63, 3.8) is 0 Å². The summed E-state index contributed by atoms with van der Waals surface area (Å²) in [4.78, 5) is 22.6. The molecule has 0 saturated heterocycles. The van der Waals surface area contributed by atoms with Crippen molar-refractivity contribution < 1.29 is 28.0 Å². The lowest BCUT2D eigenvalue weighted by atomic mass is 10.1. The third kappa shape index (κ3) is 2.07. The van der Waals surface area contributed by atoms with E-state index in [1.165, 1.54) is 0 Å². The molecule has 1 heterocycles. The van der Waals surface area contributed by atoms with Crippen LogP contribution in [-0.4, -0.2) is 21.0 Å². The van der Waals surface area contributed by atoms with Gasteiger partial charge in [-0.3, -0.25) is 0 Å². The highest BCUT2D eigenvalue weighted by molar-refractivity contribution is 5.93. The van der Waals surface area contributed by atoms with Crippen LogP contribution >= 0.6 is 0 Å². The number of aromatic nitrogens is 1. The number of hydrogen-bond acceptors (Lipinski definition) is 4. The monoisotopic (exact) mass is 236 g/mol. The lowest BCUT2D eigenvalue weighted by molar-refractivity contribution is -0.390. The van der Waals surface area contributed by atoms with Crippen LogP contribution in [0.5, 0.6) is 0 Å². The molecule has 1 rings (SSSR count). The van der Waals surface area contributed by atoms with Gasteiger partial charge in [0, 0.05) is 0 Å². The van der Waals surface area contributed by atoms with Crippen molar-refractivity contribution in [2.75, 3.05) is 0 Å². The molecule has 16 heavy (non-hydrogen) atoms. The van der Waals surface area contributed by atoms with E-state index >= 15 is 0 Å². The van der Waals surface area contributed by atoms with Gasteiger partial charge in [0.2, 0.25) is 0 Å². The SMILES string of the molecule is O=C(O)c1c(C(F)(F)F)ccnc1[N+](=O)[O-]. The maximum Gasteiger partial charge on any atom is 0.417 e. The van der Waals surface area contributed by atoms with E-state index in [0.717, 1.165) is 0 Å². The molecular weight excluding hydrogens is 233 g/mol. The summed E-state index contributed by atoms with van der Waals surface area (Å²) < 4.78 is 37.0. The summed E-state index contributed by atoms with van der Waals surface area (Å²) in [6, 6.07) is 0.371. The Morgan fingerprint density at radius 1 is 1.50 bits per heavy atom. The number of aromatic carboxylic acids is 1. The number of carbonyl (C=O) groups is 1. The van der Waals surface area contributed by atoms with Crippen LogP contribution in [0.15, 0.2) is 12.3 Å². The number of nitrogens with zero attached hydrogens (tertiary/aromatic N) is 2. The normalized spacial score (nSPS) is 11.2. The number of carboxylic acid groups (broad SMARTS) is 1. The smallest absolute Gasteiger partial charge is 0.417 e. The first-order chi connectivity index (χ1) is 7.25. The largest absolute Gasteiger partial charge is 0.477 e. The maximum atomic E-state index is 12.3. The Balaban J connectivity index is 3.58. The topological polar surface area (TPSA) is 93.3 Å². The Labute approximate surface area is 85.5 Å². The molecule has 6 nitrogen and oxygen atoms in total. The number of hydrogen-bond donors (Lipinski definition) is 1. The quantitative estimate of drug-likeness (QED) is 0.623. The number of halogens is 3. The molecule has 0 fully saturated rings. The minimum absolute atomic E-state index is 0.371. The Morgan fingerprint density at radius 3 is 2.44 bits per heavy atom. The molecule has 0 bridgehead atoms. The molecule has 0 saturated carbocycles. The zero-order chi connectivity index (χ0) is 12.5. The van der Waals surface area contributed by atoms with Crippen LogP contribution in [0.4, 0.5) is 19.0 Å². The molecule has 0 spiro atoms. The fraction of sp³-hybridized carbons (Fsp3) is 0.143. The molecule has 9 heteroatoms. The zero-order valence-corrected chi connectivity index (χ0v) is 7.35. The van der Waals surface area contributed by atoms with E-state index in [4.69, 9.17) is 5.11 Å². The lowest BCUT2D eigenvalue weighted by Gasteiger charge is -2.08. The first kappa shape index (κ1) is 11.9. The summed E-state index contributed by atoms with van der Waals surface area (Å²) in [5.41, 5.74) is -3.05. The third-order valence-corrected chi connectivity index (χ3v) is 1.62. The van der Waals surface area contributed by atoms with Gasteiger partial charge in [0.25, 0.3) is 0 Å². The maximum absolute atomic E-state index is 12.3. The highest BCUT2D eigenvalue weighted by Crippen LogP contribution is 2.34. The van der Waals surface area contributed by atoms with E-state index in [2.05, 4.69) is 4.98 Å². The van der Waals surface area contributed by atoms with E-state index < -0.39 is 34.0 Å². The first-order valence-corrected chi connectivity index (χ1v) is 3.69. The van der Waals surface area contributed by atoms with Gasteiger partial charge in [-0.15, -0.1) is 0 Å². The second-order valence-corrected chi connectivity index (χ2v) is 2.62. The summed E-state index contributed by atoms with van der Waals surface area (Å²) in [5, 5.41) is 18.8. The van der Waals surface area contributed by atoms with Gasteiger partial charge in [0.15, 0.2) is 5.56 Å². The van der Waals surface area contributed by atoms with Gasteiger partial charge in [0.1, 0.15) is 6.20 Å². The van der Waals surface area contributed by atoms with E-state index in [1.807, 2.05) is 0 Å². The molecule has 0 aromatic carbocycles. The van der Waals surface area contributed by atoms with E-state index in [9.17, 15) is 28.1 Å². The van der Waals surface area contributed by atoms with Crippen LogP contribution in [0, 0.1) is 10.1 Å². The molecule has 0 unspecified atom stereocenters. The Kier molecular flexibility index (Phi) is 2.79. The fourth-order valence-electron chi connectivity index (χ4n) is 1.04. The van der Waals surface area contributed by atoms with Gasteiger partial charge in [-0.2, -0.15) is 13.2 Å². The lowest BCUT2D eigenvalue weighted by Crippen LogP contribution is -2.15. The standard InChI is InChI=1S/C7H3F3N2O4/c8-7(9,10)3-1-2-11-5(12(15)16)4(3)6(13)14/h1-2H,(H,13,14). The Hall–Kier alpha value is -2.19. The fourth-order valence-corrected chi connectivity index (χ4v) is 1.04. The van der Waals surface area contributed by atoms with Crippen LogP contribution in [0.3, 0.4) is 0 Å². The minimum Gasteiger partial charge on any atom is -0.477 e. The van der Waals surface area contributed by atoms with Crippen molar-refractivity contribution in [1.29, 1.82) is 0 Å². The zero-order valence-electron chi connectivity index (χ0n) is 7.35. The highest BCUT2D eigenvalue weighted by Gasteiger charge is 2.40. The van der Waals surface area contributed by atoms with Crippen molar-refractivity contribution in [1.82, 2.24) is 4.98 Å². The minimum atomic E-state index is -4.98. The molecule has 1 N–H and O–H groups in total. The average Bonchev–Trinajstić information content (AvgIpc) is 2.14. The third-order valence-electron chi connectivity index (χ3n) is 1.62. The van der Waals surface area contributed by atoms with Crippen LogP contribution in [-0.2, 0) is 6.18 Å². The summed E-state index contributed by atoms with van der Waals surface area (Å²) in [7, 11) is 0. The number of carboxylic acids is 1. The number of nitro groups is 1. The summed E-state index contributed by atoms with van der Waals surface area (Å²) in [6.07, 6.45) is -4.45. The van der Waals surface area contributed by atoms with Gasteiger partial charge in [-0.05, 0) is 16.0 Å². The highest BCUT2D eigenvalue weighted by atomic mass is 19.4. The molecule has 0 aliphatic heterocycles. The van der Waals surface area contributed by atoms with Gasteiger partial charge < -0.3 is 15.2 Å². The van der Waals surface area contributed by atoms with Crippen LogP contribution < -0.4 is 0 Å². The number of rotatable bonds is 2. The average molecular weight is 236 g/mol. The Bertz CT molecular complexity index is 457. The first-order valence-electron chi connectivity index (χ1n) is 3.69. The van der Waals surface area contributed by atoms with Crippen molar-refractivity contribution in [3.05, 3.63) is 33.5 Å². The van der Waals surface area contributed by atoms with Crippen molar-refractivity contribution >= 4 is 11.8 Å². The van der Waals surface area contributed by atoms with Crippen LogP contribution in [0.1, 0.15) is 15.9 Å². The summed E-state index contributed by atoms with van der Waals surface area (Å²) in [6.45, 7) is 0. The van der Waals surface area contributed by atoms with Crippen molar-refractivity contribution in [3.8, 4) is 0 Å². The van der Waals surface area contributed by atoms with Gasteiger partial charge >= 0.3 is 18.0 Å². The predicted molar refractivity (Wildman–Crippen MR) is 42.9 cm³/mol. The van der Waals surface area contributed by atoms with Gasteiger partial charge in [-0.1, -0.05) is 0 Å². The molecule has 0 aliphatic rings. The predicted octanol–water partition coefficient (Wildman–Crippen LogP) is 1.71. The van der Waals surface area contributed by atoms with Crippen LogP contribution in [0.25, 0.3) is 0 Å². The molecule has 0 atom stereocenters. The van der Waals surface area contributed by atoms with E-state index in [0.29, 0.717) is 12.3 Å². The molecule has 86 valence electrons. The molecule has 0 amide bonds. The number of alkyl halides is 3. The van der Waals surface area contributed by atoms with Crippen LogP contribution in [0.2, 0.25) is 0 Å². The molecule has 0 radical (unpaired) electrons. The summed E-state index contributed by atoms with van der Waals surface area (Å²) in [5.74, 6) is -3.38. The second kappa shape index (κ2) is 3.76. The molecule has 0 aliphatic carbocycles. The summed E-state index contributed by atoms with van der Waals surface area (Å²) >= 11 is 0.